The Labute approximate surface area is 114 Å². The number of amides is 1. The van der Waals surface area contributed by atoms with Gasteiger partial charge in [0.2, 0.25) is 6.41 Å². The Morgan fingerprint density at radius 3 is 2.75 bits per heavy atom. The van der Waals surface area contributed by atoms with Gasteiger partial charge < -0.3 is 4.90 Å². The van der Waals surface area contributed by atoms with Crippen molar-refractivity contribution in [1.82, 2.24) is 4.90 Å². The van der Waals surface area contributed by atoms with Crippen LogP contribution >= 0.6 is 0 Å². The Kier molecular flexibility index (Phi) is 3.07. The second-order valence-electron chi connectivity index (χ2n) is 5.36. The van der Waals surface area contributed by atoms with E-state index in [1.165, 1.54) is 4.90 Å². The van der Waals surface area contributed by atoms with Gasteiger partial charge in [-0.05, 0) is 35.6 Å². The third-order valence-electron chi connectivity index (χ3n) is 4.05. The van der Waals surface area contributed by atoms with E-state index in [-0.39, 0.29) is 6.42 Å². The third-order valence-corrected chi connectivity index (χ3v) is 4.05. The van der Waals surface area contributed by atoms with Crippen LogP contribution in [-0.4, -0.2) is 24.0 Å². The van der Waals surface area contributed by atoms with Crippen LogP contribution in [0.1, 0.15) is 12.8 Å². The fourth-order valence-corrected chi connectivity index (χ4v) is 3.08. The van der Waals surface area contributed by atoms with Crippen LogP contribution in [0.15, 0.2) is 47.2 Å². The molecule has 20 heavy (non-hydrogen) atoms. The van der Waals surface area contributed by atoms with Gasteiger partial charge in [0, 0.05) is 12.1 Å². The standard InChI is InChI=1S/C15H14F3NO/c16-15(17,18)14-4-2-1-3-13(14)10-5-11-7-19(9-20)8-12(11)6-10/h1,3,5-7,9,13-14H,2,4,8H2. The van der Waals surface area contributed by atoms with Crippen LogP contribution in [0.25, 0.3) is 0 Å². The van der Waals surface area contributed by atoms with Crippen LogP contribution in [0.3, 0.4) is 0 Å². The molecule has 2 atom stereocenters. The summed E-state index contributed by atoms with van der Waals surface area (Å²) < 4.78 is 39.3. The van der Waals surface area contributed by atoms with E-state index < -0.39 is 18.0 Å². The van der Waals surface area contributed by atoms with Crippen molar-refractivity contribution in [2.75, 3.05) is 6.54 Å². The number of hydrogen-bond acceptors (Lipinski definition) is 1. The minimum absolute atomic E-state index is 0.144. The minimum atomic E-state index is -4.17. The highest BCUT2D eigenvalue weighted by Gasteiger charge is 2.45. The number of alkyl halides is 3. The first kappa shape index (κ1) is 13.2. The zero-order chi connectivity index (χ0) is 14.3. The molecule has 0 saturated carbocycles. The van der Waals surface area contributed by atoms with Crippen molar-refractivity contribution in [3.05, 3.63) is 47.2 Å². The molecule has 106 valence electrons. The van der Waals surface area contributed by atoms with Crippen molar-refractivity contribution in [2.45, 2.75) is 19.0 Å². The summed E-state index contributed by atoms with van der Waals surface area (Å²) in [5, 5.41) is 0. The average molecular weight is 281 g/mol. The lowest BCUT2D eigenvalue weighted by Crippen LogP contribution is -2.31. The summed E-state index contributed by atoms with van der Waals surface area (Å²) >= 11 is 0. The predicted molar refractivity (Wildman–Crippen MR) is 68.4 cm³/mol. The van der Waals surface area contributed by atoms with Crippen LogP contribution in [0, 0.1) is 11.8 Å². The minimum Gasteiger partial charge on any atom is -0.317 e. The summed E-state index contributed by atoms with van der Waals surface area (Å²) in [5.74, 6) is -1.91. The van der Waals surface area contributed by atoms with E-state index in [9.17, 15) is 18.0 Å². The first-order valence-corrected chi connectivity index (χ1v) is 6.58. The molecule has 2 aliphatic carbocycles. The van der Waals surface area contributed by atoms with Crippen LogP contribution in [-0.2, 0) is 4.79 Å². The molecule has 3 rings (SSSR count). The molecule has 0 fully saturated rings. The number of carbonyl (C=O) groups excluding carboxylic acids is 1. The first-order chi connectivity index (χ1) is 9.49. The molecule has 0 aromatic rings. The third kappa shape index (κ3) is 2.21. The second kappa shape index (κ2) is 4.65. The van der Waals surface area contributed by atoms with Gasteiger partial charge in [-0.25, -0.2) is 0 Å². The highest BCUT2D eigenvalue weighted by atomic mass is 19.4. The molecule has 0 aromatic heterocycles. The smallest absolute Gasteiger partial charge is 0.317 e. The van der Waals surface area contributed by atoms with Crippen LogP contribution < -0.4 is 0 Å². The lowest BCUT2D eigenvalue weighted by atomic mass is 9.79. The lowest BCUT2D eigenvalue weighted by molar-refractivity contribution is -0.184. The Bertz CT molecular complexity index is 554. The maximum Gasteiger partial charge on any atom is 0.392 e. The number of halogens is 3. The van der Waals surface area contributed by atoms with E-state index in [0.29, 0.717) is 18.5 Å². The Morgan fingerprint density at radius 1 is 1.30 bits per heavy atom. The number of fused-ring (bicyclic) bond motifs is 1. The van der Waals surface area contributed by atoms with Crippen molar-refractivity contribution in [3.63, 3.8) is 0 Å². The molecular formula is C15H14F3NO. The molecule has 0 bridgehead atoms. The summed E-state index contributed by atoms with van der Waals surface area (Å²) in [4.78, 5) is 12.2. The SMILES string of the molecule is O=CN1C=C2C=C(C3C=CCCC3C(F)(F)F)C=C2C1. The molecule has 0 saturated heterocycles. The van der Waals surface area contributed by atoms with Crippen molar-refractivity contribution in [2.24, 2.45) is 11.8 Å². The first-order valence-electron chi connectivity index (χ1n) is 6.58. The quantitative estimate of drug-likeness (QED) is 0.561. The molecule has 1 amide bonds. The average Bonchev–Trinajstić information content (AvgIpc) is 2.95. The maximum atomic E-state index is 13.1. The normalized spacial score (nSPS) is 28.9. The molecule has 2 nitrogen and oxygen atoms in total. The van der Waals surface area contributed by atoms with Gasteiger partial charge in [-0.1, -0.05) is 18.2 Å². The Balaban J connectivity index is 1.89. The number of carbonyl (C=O) groups is 1. The van der Waals surface area contributed by atoms with Crippen molar-refractivity contribution in [3.8, 4) is 0 Å². The summed E-state index contributed by atoms with van der Waals surface area (Å²) in [6.45, 7) is 0.450. The van der Waals surface area contributed by atoms with Crippen LogP contribution in [0.2, 0.25) is 0 Å². The topological polar surface area (TPSA) is 20.3 Å². The summed E-state index contributed by atoms with van der Waals surface area (Å²) in [5.41, 5.74) is 2.48. The molecule has 1 aliphatic heterocycles. The van der Waals surface area contributed by atoms with Crippen LogP contribution in [0.5, 0.6) is 0 Å². The molecule has 0 radical (unpaired) electrons. The van der Waals surface area contributed by atoms with Gasteiger partial charge in [0.25, 0.3) is 0 Å². The number of rotatable bonds is 2. The molecule has 5 heteroatoms. The van der Waals surface area contributed by atoms with Crippen molar-refractivity contribution in [1.29, 1.82) is 0 Å². The Morgan fingerprint density at radius 2 is 2.10 bits per heavy atom. The fraction of sp³-hybridized carbons (Fsp3) is 0.400. The molecule has 0 spiro atoms. The van der Waals surface area contributed by atoms with Gasteiger partial charge in [0.15, 0.2) is 0 Å². The maximum absolute atomic E-state index is 13.1. The summed E-state index contributed by atoms with van der Waals surface area (Å²) in [6, 6.07) is 0. The highest BCUT2D eigenvalue weighted by molar-refractivity contribution is 5.63. The number of allylic oxidation sites excluding steroid dienone is 5. The predicted octanol–water partition coefficient (Wildman–Crippen LogP) is 3.35. The van der Waals surface area contributed by atoms with E-state index in [1.54, 1.807) is 24.4 Å². The van der Waals surface area contributed by atoms with Gasteiger partial charge in [0.1, 0.15) is 0 Å². The van der Waals surface area contributed by atoms with Gasteiger partial charge in [-0.15, -0.1) is 0 Å². The lowest BCUT2D eigenvalue weighted by Gasteiger charge is -2.30. The van der Waals surface area contributed by atoms with E-state index in [1.807, 2.05) is 6.08 Å². The van der Waals surface area contributed by atoms with Gasteiger partial charge in [-0.3, -0.25) is 4.79 Å². The molecule has 1 heterocycles. The number of hydrogen-bond donors (Lipinski definition) is 0. The van der Waals surface area contributed by atoms with E-state index in [0.717, 1.165) is 17.6 Å². The molecule has 0 aromatic carbocycles. The van der Waals surface area contributed by atoms with Gasteiger partial charge in [-0.2, -0.15) is 13.2 Å². The monoisotopic (exact) mass is 281 g/mol. The zero-order valence-electron chi connectivity index (χ0n) is 10.7. The molecule has 0 N–H and O–H groups in total. The van der Waals surface area contributed by atoms with Gasteiger partial charge in [0.05, 0.1) is 12.5 Å². The van der Waals surface area contributed by atoms with Crippen molar-refractivity contribution < 1.29 is 18.0 Å². The van der Waals surface area contributed by atoms with E-state index in [4.69, 9.17) is 0 Å². The zero-order valence-corrected chi connectivity index (χ0v) is 10.7. The van der Waals surface area contributed by atoms with Crippen molar-refractivity contribution >= 4 is 6.41 Å². The van der Waals surface area contributed by atoms with Crippen LogP contribution in [0.4, 0.5) is 13.2 Å². The van der Waals surface area contributed by atoms with Gasteiger partial charge >= 0.3 is 6.18 Å². The summed E-state index contributed by atoms with van der Waals surface area (Å²) in [7, 11) is 0. The Hall–Kier alpha value is -1.78. The van der Waals surface area contributed by atoms with E-state index in [2.05, 4.69) is 0 Å². The fourth-order valence-electron chi connectivity index (χ4n) is 3.08. The second-order valence-corrected chi connectivity index (χ2v) is 5.36. The molecular weight excluding hydrogens is 267 g/mol. The molecule has 3 aliphatic rings. The van der Waals surface area contributed by atoms with E-state index >= 15 is 0 Å². The number of nitrogens with zero attached hydrogens (tertiary/aromatic N) is 1. The largest absolute Gasteiger partial charge is 0.392 e. The summed E-state index contributed by atoms with van der Waals surface area (Å²) in [6.07, 6.45) is 5.93. The molecule has 2 unspecified atom stereocenters. The highest BCUT2D eigenvalue weighted by Crippen LogP contribution is 2.44.